The predicted octanol–water partition coefficient (Wildman–Crippen LogP) is 0.769. The first-order chi connectivity index (χ1) is 7.11. The van der Waals surface area contributed by atoms with Gasteiger partial charge in [-0.3, -0.25) is 4.79 Å². The number of pyridine rings is 1. The van der Waals surface area contributed by atoms with E-state index in [1.54, 1.807) is 19.1 Å². The van der Waals surface area contributed by atoms with Gasteiger partial charge < -0.3 is 10.9 Å². The molecule has 15 heavy (non-hydrogen) atoms. The Bertz CT molecular complexity index is 558. The SMILES string of the molecule is CC(O)c1cc2ccccc2n(N)c1=O. The average Bonchev–Trinajstić information content (AvgIpc) is 2.23. The first-order valence-corrected chi connectivity index (χ1v) is 4.69. The van der Waals surface area contributed by atoms with Crippen LogP contribution in [0.15, 0.2) is 35.1 Å². The second kappa shape index (κ2) is 3.40. The first kappa shape index (κ1) is 9.73. The Morgan fingerprint density at radius 2 is 2.07 bits per heavy atom. The number of nitrogens with two attached hydrogens (primary N) is 1. The molecule has 0 saturated carbocycles. The van der Waals surface area contributed by atoms with Crippen LogP contribution >= 0.6 is 0 Å². The van der Waals surface area contributed by atoms with Crippen LogP contribution in [0.25, 0.3) is 10.9 Å². The summed E-state index contributed by atoms with van der Waals surface area (Å²) in [5.41, 5.74) is 0.617. The van der Waals surface area contributed by atoms with E-state index in [1.165, 1.54) is 0 Å². The normalized spacial score (nSPS) is 12.9. The van der Waals surface area contributed by atoms with E-state index in [0.29, 0.717) is 11.1 Å². The van der Waals surface area contributed by atoms with E-state index in [2.05, 4.69) is 0 Å². The van der Waals surface area contributed by atoms with E-state index in [1.807, 2.05) is 18.2 Å². The smallest absolute Gasteiger partial charge is 0.275 e. The van der Waals surface area contributed by atoms with Crippen LogP contribution in [0.2, 0.25) is 0 Å². The number of rotatable bonds is 1. The molecule has 1 aromatic heterocycles. The number of benzene rings is 1. The van der Waals surface area contributed by atoms with E-state index in [9.17, 15) is 9.90 Å². The van der Waals surface area contributed by atoms with Gasteiger partial charge in [-0.1, -0.05) is 18.2 Å². The van der Waals surface area contributed by atoms with Crippen LogP contribution in [0.4, 0.5) is 0 Å². The topological polar surface area (TPSA) is 68.2 Å². The molecule has 1 aromatic carbocycles. The standard InChI is InChI=1S/C11H12N2O2/c1-7(14)9-6-8-4-2-3-5-10(8)13(12)11(9)15/h2-7,14H,12H2,1H3. The minimum absolute atomic E-state index is 0.316. The number of hydrogen-bond acceptors (Lipinski definition) is 3. The maximum Gasteiger partial charge on any atom is 0.275 e. The molecule has 0 saturated heterocycles. The summed E-state index contributed by atoms with van der Waals surface area (Å²) in [5, 5.41) is 10.3. The predicted molar refractivity (Wildman–Crippen MR) is 59.0 cm³/mol. The van der Waals surface area contributed by atoms with Crippen molar-refractivity contribution in [3.05, 3.63) is 46.2 Å². The Kier molecular flexibility index (Phi) is 2.21. The quantitative estimate of drug-likeness (QED) is 0.674. The summed E-state index contributed by atoms with van der Waals surface area (Å²) in [6.45, 7) is 1.55. The van der Waals surface area contributed by atoms with Gasteiger partial charge in [0.25, 0.3) is 5.56 Å². The van der Waals surface area contributed by atoms with Gasteiger partial charge in [-0.15, -0.1) is 0 Å². The molecule has 2 aromatic rings. The van der Waals surface area contributed by atoms with Crippen molar-refractivity contribution in [1.29, 1.82) is 0 Å². The van der Waals surface area contributed by atoms with Crippen LogP contribution in [-0.4, -0.2) is 9.78 Å². The lowest BCUT2D eigenvalue weighted by Crippen LogP contribution is -2.30. The number of aliphatic hydroxyl groups is 1. The fraction of sp³-hybridized carbons (Fsp3) is 0.182. The van der Waals surface area contributed by atoms with Crippen molar-refractivity contribution in [2.45, 2.75) is 13.0 Å². The van der Waals surface area contributed by atoms with Gasteiger partial charge in [0, 0.05) is 10.9 Å². The second-order valence-corrected chi connectivity index (χ2v) is 3.51. The number of para-hydroxylation sites is 1. The maximum atomic E-state index is 11.7. The molecule has 3 N–H and O–H groups in total. The van der Waals surface area contributed by atoms with Crippen molar-refractivity contribution in [1.82, 2.24) is 4.68 Å². The summed E-state index contributed by atoms with van der Waals surface area (Å²) < 4.78 is 1.07. The third-order valence-electron chi connectivity index (χ3n) is 2.42. The van der Waals surface area contributed by atoms with Crippen molar-refractivity contribution < 1.29 is 5.11 Å². The number of aromatic nitrogens is 1. The van der Waals surface area contributed by atoms with Crippen molar-refractivity contribution in [2.24, 2.45) is 0 Å². The van der Waals surface area contributed by atoms with Crippen molar-refractivity contribution in [3.8, 4) is 0 Å². The molecule has 1 unspecified atom stereocenters. The van der Waals surface area contributed by atoms with Crippen molar-refractivity contribution in [2.75, 3.05) is 5.84 Å². The third kappa shape index (κ3) is 1.49. The van der Waals surface area contributed by atoms with E-state index < -0.39 is 6.10 Å². The van der Waals surface area contributed by atoms with Gasteiger partial charge in [-0.25, -0.2) is 4.68 Å². The van der Waals surface area contributed by atoms with E-state index >= 15 is 0 Å². The summed E-state index contributed by atoms with van der Waals surface area (Å²) >= 11 is 0. The highest BCUT2D eigenvalue weighted by Gasteiger charge is 2.10. The fourth-order valence-electron chi connectivity index (χ4n) is 1.61. The Balaban J connectivity index is 2.89. The van der Waals surface area contributed by atoms with E-state index in [4.69, 9.17) is 5.84 Å². The molecular formula is C11H12N2O2. The van der Waals surface area contributed by atoms with Gasteiger partial charge >= 0.3 is 0 Å². The van der Waals surface area contributed by atoms with Crippen molar-refractivity contribution >= 4 is 10.9 Å². The monoisotopic (exact) mass is 204 g/mol. The fourth-order valence-corrected chi connectivity index (χ4v) is 1.61. The molecule has 0 aliphatic rings. The average molecular weight is 204 g/mol. The molecule has 1 heterocycles. The Labute approximate surface area is 86.5 Å². The number of aliphatic hydroxyl groups excluding tert-OH is 1. The van der Waals surface area contributed by atoms with Gasteiger partial charge in [0.2, 0.25) is 0 Å². The van der Waals surface area contributed by atoms with Crippen LogP contribution < -0.4 is 11.4 Å². The van der Waals surface area contributed by atoms with Crippen LogP contribution in [0.5, 0.6) is 0 Å². The highest BCUT2D eigenvalue weighted by Crippen LogP contribution is 2.15. The highest BCUT2D eigenvalue weighted by molar-refractivity contribution is 5.79. The maximum absolute atomic E-state index is 11.7. The van der Waals surface area contributed by atoms with Crippen LogP contribution in [-0.2, 0) is 0 Å². The largest absolute Gasteiger partial charge is 0.388 e. The van der Waals surface area contributed by atoms with Gasteiger partial charge in [0.05, 0.1) is 11.6 Å². The molecule has 0 aliphatic heterocycles. The molecule has 0 spiro atoms. The zero-order chi connectivity index (χ0) is 11.0. The molecule has 0 fully saturated rings. The zero-order valence-electron chi connectivity index (χ0n) is 8.34. The lowest BCUT2D eigenvalue weighted by atomic mass is 10.1. The molecule has 78 valence electrons. The number of fused-ring (bicyclic) bond motifs is 1. The number of nitrogen functional groups attached to an aromatic ring is 1. The summed E-state index contributed by atoms with van der Waals surface area (Å²) in [6, 6.07) is 8.96. The van der Waals surface area contributed by atoms with E-state index in [-0.39, 0.29) is 5.56 Å². The Hall–Kier alpha value is -1.81. The molecule has 4 heteroatoms. The molecule has 4 nitrogen and oxygen atoms in total. The molecular weight excluding hydrogens is 192 g/mol. The van der Waals surface area contributed by atoms with Gasteiger partial charge in [0.1, 0.15) is 0 Å². The lowest BCUT2D eigenvalue weighted by Gasteiger charge is -2.09. The first-order valence-electron chi connectivity index (χ1n) is 4.69. The second-order valence-electron chi connectivity index (χ2n) is 3.51. The third-order valence-corrected chi connectivity index (χ3v) is 2.42. The van der Waals surface area contributed by atoms with Gasteiger partial charge in [0.15, 0.2) is 0 Å². The summed E-state index contributed by atoms with van der Waals surface area (Å²) in [7, 11) is 0. The van der Waals surface area contributed by atoms with Crippen LogP contribution in [0, 0.1) is 0 Å². The van der Waals surface area contributed by atoms with Crippen LogP contribution in [0.3, 0.4) is 0 Å². The minimum atomic E-state index is -0.808. The lowest BCUT2D eigenvalue weighted by molar-refractivity contribution is 0.197. The zero-order valence-corrected chi connectivity index (χ0v) is 8.34. The van der Waals surface area contributed by atoms with Gasteiger partial charge in [-0.2, -0.15) is 0 Å². The molecule has 0 bridgehead atoms. The molecule has 2 rings (SSSR count). The van der Waals surface area contributed by atoms with Crippen LogP contribution in [0.1, 0.15) is 18.6 Å². The molecule has 1 atom stereocenters. The van der Waals surface area contributed by atoms with Gasteiger partial charge in [-0.05, 0) is 19.1 Å². The Morgan fingerprint density at radius 3 is 2.73 bits per heavy atom. The number of nitrogens with zero attached hydrogens (tertiary/aromatic N) is 1. The molecule has 0 amide bonds. The number of hydrogen-bond donors (Lipinski definition) is 2. The molecule has 0 aliphatic carbocycles. The summed E-state index contributed by atoms with van der Waals surface area (Å²) in [4.78, 5) is 11.7. The molecule has 0 radical (unpaired) electrons. The summed E-state index contributed by atoms with van der Waals surface area (Å²) in [6.07, 6.45) is -0.808. The summed E-state index contributed by atoms with van der Waals surface area (Å²) in [5.74, 6) is 5.65. The highest BCUT2D eigenvalue weighted by atomic mass is 16.3. The van der Waals surface area contributed by atoms with E-state index in [0.717, 1.165) is 10.1 Å². The minimum Gasteiger partial charge on any atom is -0.388 e. The Morgan fingerprint density at radius 1 is 1.40 bits per heavy atom. The van der Waals surface area contributed by atoms with Crippen molar-refractivity contribution in [3.63, 3.8) is 0 Å².